The number of nitrogens with two attached hydrogens (primary N) is 1. The van der Waals surface area contributed by atoms with Crippen LogP contribution >= 0.6 is 11.6 Å². The Labute approximate surface area is 104 Å². The number of nitrogens with one attached hydrogen (secondary N) is 2. The molecule has 7 heteroatoms. The summed E-state index contributed by atoms with van der Waals surface area (Å²) in [5.74, 6) is -0.309. The lowest BCUT2D eigenvalue weighted by molar-refractivity contribution is 0.222. The average molecular weight is 256 g/mol. The lowest BCUT2D eigenvalue weighted by Gasteiger charge is -2.19. The number of hydrogen-bond acceptors (Lipinski definition) is 3. The van der Waals surface area contributed by atoms with Gasteiger partial charge in [-0.1, -0.05) is 11.6 Å². The zero-order chi connectivity index (χ0) is 12.8. The molecule has 6 nitrogen and oxygen atoms in total. The molecule has 0 aromatic carbocycles. The van der Waals surface area contributed by atoms with Gasteiger partial charge in [0.15, 0.2) is 5.96 Å². The van der Waals surface area contributed by atoms with Crippen LogP contribution in [0.1, 0.15) is 5.69 Å². The highest BCUT2D eigenvalue weighted by Gasteiger charge is 2.15. The van der Waals surface area contributed by atoms with Gasteiger partial charge in [0.05, 0.1) is 10.7 Å². The number of halogens is 1. The first-order valence-corrected chi connectivity index (χ1v) is 5.36. The number of amides is 2. The number of nitrogens with zero attached hydrogens (tertiary/aromatic N) is 2. The lowest BCUT2D eigenvalue weighted by atomic mass is 10.2. The van der Waals surface area contributed by atoms with Gasteiger partial charge in [0.25, 0.3) is 0 Å². The van der Waals surface area contributed by atoms with Crippen LogP contribution in [0.4, 0.5) is 4.79 Å². The van der Waals surface area contributed by atoms with E-state index in [1.165, 1.54) is 7.05 Å². The normalized spacial score (nSPS) is 9.76. The highest BCUT2D eigenvalue weighted by atomic mass is 35.5. The maximum Gasteiger partial charge on any atom is 0.323 e. The van der Waals surface area contributed by atoms with E-state index in [1.807, 2.05) is 0 Å². The summed E-state index contributed by atoms with van der Waals surface area (Å²) in [6.45, 7) is 0.256. The number of guanidine groups is 1. The zero-order valence-electron chi connectivity index (χ0n) is 9.40. The molecule has 0 fully saturated rings. The van der Waals surface area contributed by atoms with Crippen LogP contribution in [-0.2, 0) is 6.42 Å². The Kier molecular flexibility index (Phi) is 4.71. The third kappa shape index (κ3) is 3.60. The maximum atomic E-state index is 11.4. The van der Waals surface area contributed by atoms with E-state index in [4.69, 9.17) is 22.7 Å². The van der Waals surface area contributed by atoms with Crippen molar-refractivity contribution < 1.29 is 4.79 Å². The van der Waals surface area contributed by atoms with Crippen LogP contribution < -0.4 is 11.1 Å². The van der Waals surface area contributed by atoms with Crippen LogP contribution in [0.15, 0.2) is 18.3 Å². The summed E-state index contributed by atoms with van der Waals surface area (Å²) in [4.78, 5) is 16.6. The molecule has 0 saturated carbocycles. The Bertz CT molecular complexity index is 423. The van der Waals surface area contributed by atoms with Gasteiger partial charge in [0, 0.05) is 26.2 Å². The SMILES string of the molecule is CNC(=O)N(CCc1ncccc1Cl)C(=N)N. The molecule has 0 radical (unpaired) electrons. The van der Waals surface area contributed by atoms with Gasteiger partial charge in [-0.3, -0.25) is 15.3 Å². The predicted molar refractivity (Wildman–Crippen MR) is 66.0 cm³/mol. The summed E-state index contributed by atoms with van der Waals surface area (Å²) in [7, 11) is 1.48. The van der Waals surface area contributed by atoms with Gasteiger partial charge in [-0.25, -0.2) is 4.79 Å². The molecule has 92 valence electrons. The summed E-state index contributed by atoms with van der Waals surface area (Å²) in [5, 5.41) is 10.2. The van der Waals surface area contributed by atoms with Crippen molar-refractivity contribution in [3.8, 4) is 0 Å². The Morgan fingerprint density at radius 3 is 2.94 bits per heavy atom. The predicted octanol–water partition coefficient (Wildman–Crippen LogP) is 0.812. The van der Waals surface area contributed by atoms with Gasteiger partial charge in [0.1, 0.15) is 0 Å². The molecule has 0 spiro atoms. The van der Waals surface area contributed by atoms with Crippen LogP contribution in [0, 0.1) is 5.41 Å². The number of hydrogen-bond donors (Lipinski definition) is 3. The van der Waals surface area contributed by atoms with Crippen molar-refractivity contribution in [3.05, 3.63) is 29.0 Å². The van der Waals surface area contributed by atoms with E-state index in [-0.39, 0.29) is 12.5 Å². The van der Waals surface area contributed by atoms with Crippen molar-refractivity contribution in [2.45, 2.75) is 6.42 Å². The van der Waals surface area contributed by atoms with Crippen LogP contribution in [0.5, 0.6) is 0 Å². The number of aromatic nitrogens is 1. The number of rotatable bonds is 3. The van der Waals surface area contributed by atoms with E-state index in [0.717, 1.165) is 4.90 Å². The first-order valence-electron chi connectivity index (χ1n) is 4.99. The molecule has 0 atom stereocenters. The van der Waals surface area contributed by atoms with Crippen LogP contribution in [0.25, 0.3) is 0 Å². The topological polar surface area (TPSA) is 95.1 Å². The van der Waals surface area contributed by atoms with Gasteiger partial charge in [0.2, 0.25) is 0 Å². The van der Waals surface area contributed by atoms with E-state index in [9.17, 15) is 4.79 Å². The molecule has 1 aromatic heterocycles. The third-order valence-electron chi connectivity index (χ3n) is 2.16. The molecular weight excluding hydrogens is 242 g/mol. The van der Waals surface area contributed by atoms with Gasteiger partial charge in [-0.2, -0.15) is 0 Å². The van der Waals surface area contributed by atoms with E-state index in [1.54, 1.807) is 18.3 Å². The monoisotopic (exact) mass is 255 g/mol. The van der Waals surface area contributed by atoms with Crippen molar-refractivity contribution in [1.82, 2.24) is 15.2 Å². The fourth-order valence-electron chi connectivity index (χ4n) is 1.29. The van der Waals surface area contributed by atoms with Gasteiger partial charge in [-0.05, 0) is 12.1 Å². The van der Waals surface area contributed by atoms with E-state index >= 15 is 0 Å². The largest absolute Gasteiger partial charge is 0.370 e. The second-order valence-corrected chi connectivity index (χ2v) is 3.68. The minimum Gasteiger partial charge on any atom is -0.370 e. The Morgan fingerprint density at radius 2 is 2.41 bits per heavy atom. The minimum atomic E-state index is -0.426. The summed E-state index contributed by atoms with van der Waals surface area (Å²) in [5.41, 5.74) is 5.98. The minimum absolute atomic E-state index is 0.256. The average Bonchev–Trinajstić information content (AvgIpc) is 2.30. The zero-order valence-corrected chi connectivity index (χ0v) is 10.2. The fraction of sp³-hybridized carbons (Fsp3) is 0.300. The summed E-state index contributed by atoms with van der Waals surface area (Å²) < 4.78 is 0. The molecule has 1 rings (SSSR count). The second kappa shape index (κ2) is 6.05. The Hall–Kier alpha value is -1.82. The Morgan fingerprint density at radius 1 is 1.71 bits per heavy atom. The smallest absolute Gasteiger partial charge is 0.323 e. The molecule has 1 aromatic rings. The van der Waals surface area contributed by atoms with Crippen LogP contribution in [0.3, 0.4) is 0 Å². The summed E-state index contributed by atoms with van der Waals surface area (Å²) >= 11 is 5.93. The van der Waals surface area contributed by atoms with E-state index in [0.29, 0.717) is 17.1 Å². The molecule has 2 amide bonds. The number of carbonyl (C=O) groups is 1. The first-order chi connectivity index (χ1) is 8.06. The van der Waals surface area contributed by atoms with E-state index < -0.39 is 6.03 Å². The second-order valence-electron chi connectivity index (χ2n) is 3.27. The molecular formula is C10H14ClN5O. The van der Waals surface area contributed by atoms with Crippen molar-refractivity contribution >= 4 is 23.6 Å². The number of carbonyl (C=O) groups excluding carboxylic acids is 1. The highest BCUT2D eigenvalue weighted by molar-refractivity contribution is 6.31. The maximum absolute atomic E-state index is 11.4. The van der Waals surface area contributed by atoms with Gasteiger partial charge in [-0.15, -0.1) is 0 Å². The van der Waals surface area contributed by atoms with Crippen LogP contribution in [0.2, 0.25) is 5.02 Å². The van der Waals surface area contributed by atoms with E-state index in [2.05, 4.69) is 10.3 Å². The number of pyridine rings is 1. The molecule has 0 aliphatic heterocycles. The fourth-order valence-corrected chi connectivity index (χ4v) is 1.50. The summed E-state index contributed by atoms with van der Waals surface area (Å²) in [6, 6.07) is 3.03. The lowest BCUT2D eigenvalue weighted by Crippen LogP contribution is -2.46. The molecule has 1 heterocycles. The molecule has 17 heavy (non-hydrogen) atoms. The van der Waals surface area contributed by atoms with Gasteiger partial charge >= 0.3 is 6.03 Å². The molecule has 0 bridgehead atoms. The van der Waals surface area contributed by atoms with Crippen LogP contribution in [-0.4, -0.2) is 35.5 Å². The molecule has 0 unspecified atom stereocenters. The molecule has 0 saturated heterocycles. The molecule has 0 aliphatic carbocycles. The standard InChI is InChI=1S/C10H14ClN5O/c1-14-10(17)16(9(12)13)6-4-8-7(11)3-2-5-15-8/h2-3,5H,4,6H2,1H3,(H3,12,13)(H,14,17). The Balaban J connectivity index is 2.68. The van der Waals surface area contributed by atoms with Crippen molar-refractivity contribution in [2.75, 3.05) is 13.6 Å². The third-order valence-corrected chi connectivity index (χ3v) is 2.50. The van der Waals surface area contributed by atoms with Crippen molar-refractivity contribution in [2.24, 2.45) is 5.73 Å². The first kappa shape index (κ1) is 13.2. The van der Waals surface area contributed by atoms with Crippen molar-refractivity contribution in [3.63, 3.8) is 0 Å². The van der Waals surface area contributed by atoms with Crippen molar-refractivity contribution in [1.29, 1.82) is 5.41 Å². The number of urea groups is 1. The highest BCUT2D eigenvalue weighted by Crippen LogP contribution is 2.12. The van der Waals surface area contributed by atoms with Gasteiger partial charge < -0.3 is 11.1 Å². The summed E-state index contributed by atoms with van der Waals surface area (Å²) in [6.07, 6.45) is 2.06. The molecule has 0 aliphatic rings. The quantitative estimate of drug-likeness (QED) is 0.551. The molecule has 4 N–H and O–H groups in total.